The first kappa shape index (κ1) is 12.1. The van der Waals surface area contributed by atoms with E-state index in [9.17, 15) is 0 Å². The molecule has 0 aliphatic heterocycles. The van der Waals surface area contributed by atoms with Crippen LogP contribution < -0.4 is 5.73 Å². The molecule has 1 aliphatic rings. The van der Waals surface area contributed by atoms with E-state index >= 15 is 0 Å². The van der Waals surface area contributed by atoms with Crippen molar-refractivity contribution >= 4 is 11.3 Å². The summed E-state index contributed by atoms with van der Waals surface area (Å²) < 4.78 is 0. The SMILES string of the molecule is CCc1nc(C2(N)CCCC(C)C2)sc1C. The maximum Gasteiger partial charge on any atom is 0.113 e. The number of nitrogens with two attached hydrogens (primary N) is 1. The lowest BCUT2D eigenvalue weighted by atomic mass is 9.77. The molecule has 2 atom stereocenters. The molecule has 0 aromatic carbocycles. The van der Waals surface area contributed by atoms with Crippen LogP contribution in [0.15, 0.2) is 0 Å². The average molecular weight is 238 g/mol. The van der Waals surface area contributed by atoms with Crippen molar-refractivity contribution in [3.63, 3.8) is 0 Å². The molecule has 2 N–H and O–H groups in total. The Labute approximate surface area is 102 Å². The lowest BCUT2D eigenvalue weighted by Gasteiger charge is -2.35. The van der Waals surface area contributed by atoms with Gasteiger partial charge >= 0.3 is 0 Å². The third kappa shape index (κ3) is 2.16. The number of hydrogen-bond acceptors (Lipinski definition) is 3. The highest BCUT2D eigenvalue weighted by Gasteiger charge is 2.35. The largest absolute Gasteiger partial charge is 0.319 e. The van der Waals surface area contributed by atoms with Crippen LogP contribution in [0.2, 0.25) is 0 Å². The normalized spacial score (nSPS) is 30.6. The van der Waals surface area contributed by atoms with Gasteiger partial charge in [-0.2, -0.15) is 0 Å². The molecular formula is C13H22N2S. The van der Waals surface area contributed by atoms with Crippen molar-refractivity contribution in [3.8, 4) is 0 Å². The number of hydrogen-bond donors (Lipinski definition) is 1. The van der Waals surface area contributed by atoms with E-state index in [1.54, 1.807) is 0 Å². The molecule has 0 spiro atoms. The van der Waals surface area contributed by atoms with Gasteiger partial charge in [0, 0.05) is 4.88 Å². The number of rotatable bonds is 2. The minimum atomic E-state index is -0.138. The molecule has 2 nitrogen and oxygen atoms in total. The Balaban J connectivity index is 2.27. The van der Waals surface area contributed by atoms with Crippen LogP contribution in [0.5, 0.6) is 0 Å². The zero-order valence-corrected chi connectivity index (χ0v) is 11.4. The maximum atomic E-state index is 6.56. The summed E-state index contributed by atoms with van der Waals surface area (Å²) in [7, 11) is 0. The van der Waals surface area contributed by atoms with Gasteiger partial charge in [0.15, 0.2) is 0 Å². The van der Waals surface area contributed by atoms with Crippen LogP contribution in [0, 0.1) is 12.8 Å². The van der Waals surface area contributed by atoms with Crippen LogP contribution in [-0.4, -0.2) is 4.98 Å². The Bertz CT molecular complexity index is 372. The quantitative estimate of drug-likeness (QED) is 0.858. The van der Waals surface area contributed by atoms with E-state index in [1.165, 1.54) is 28.4 Å². The molecule has 1 heterocycles. The zero-order valence-electron chi connectivity index (χ0n) is 10.5. The highest BCUT2D eigenvalue weighted by atomic mass is 32.1. The topological polar surface area (TPSA) is 38.9 Å². The van der Waals surface area contributed by atoms with Crippen molar-refractivity contribution in [1.29, 1.82) is 0 Å². The number of thiazole rings is 1. The molecular weight excluding hydrogens is 216 g/mol. The fraction of sp³-hybridized carbons (Fsp3) is 0.769. The molecule has 1 aromatic rings. The van der Waals surface area contributed by atoms with E-state index in [-0.39, 0.29) is 5.54 Å². The van der Waals surface area contributed by atoms with E-state index in [0.717, 1.165) is 25.2 Å². The fourth-order valence-corrected chi connectivity index (χ4v) is 3.90. The molecule has 3 heteroatoms. The molecule has 1 fully saturated rings. The van der Waals surface area contributed by atoms with Crippen LogP contribution >= 0.6 is 11.3 Å². The van der Waals surface area contributed by atoms with Crippen molar-refractivity contribution in [2.24, 2.45) is 11.7 Å². The van der Waals surface area contributed by atoms with Crippen LogP contribution in [0.3, 0.4) is 0 Å². The third-order valence-electron chi connectivity index (χ3n) is 3.69. The second-order valence-corrected chi connectivity index (χ2v) is 6.44. The molecule has 0 amide bonds. The first-order valence-corrected chi connectivity index (χ1v) is 7.12. The summed E-state index contributed by atoms with van der Waals surface area (Å²) in [6, 6.07) is 0. The van der Waals surface area contributed by atoms with Crippen LogP contribution in [0.1, 0.15) is 55.1 Å². The van der Waals surface area contributed by atoms with E-state index in [1.807, 2.05) is 11.3 Å². The summed E-state index contributed by atoms with van der Waals surface area (Å²) in [5, 5.41) is 1.17. The predicted octanol–water partition coefficient (Wildman–Crippen LogP) is 3.38. The van der Waals surface area contributed by atoms with E-state index in [2.05, 4.69) is 20.8 Å². The standard InChI is InChI=1S/C13H22N2S/c1-4-11-10(3)16-12(15-11)13(14)7-5-6-9(2)8-13/h9H,4-8,14H2,1-3H3. The van der Waals surface area contributed by atoms with E-state index in [4.69, 9.17) is 10.7 Å². The molecule has 0 bridgehead atoms. The van der Waals surface area contributed by atoms with Gasteiger partial charge in [0.1, 0.15) is 5.01 Å². The molecule has 2 unspecified atom stereocenters. The summed E-state index contributed by atoms with van der Waals surface area (Å²) in [4.78, 5) is 6.10. The summed E-state index contributed by atoms with van der Waals surface area (Å²) in [6.07, 6.45) is 5.80. The maximum absolute atomic E-state index is 6.56. The van der Waals surface area contributed by atoms with Gasteiger partial charge < -0.3 is 5.73 Å². The van der Waals surface area contributed by atoms with Gasteiger partial charge in [0.25, 0.3) is 0 Å². The summed E-state index contributed by atoms with van der Waals surface area (Å²) >= 11 is 1.81. The monoisotopic (exact) mass is 238 g/mol. The van der Waals surface area contributed by atoms with Gasteiger partial charge in [-0.3, -0.25) is 0 Å². The Morgan fingerprint density at radius 1 is 1.56 bits per heavy atom. The van der Waals surface area contributed by atoms with Gasteiger partial charge in [-0.05, 0) is 32.1 Å². The lowest BCUT2D eigenvalue weighted by Crippen LogP contribution is -2.40. The van der Waals surface area contributed by atoms with Crippen molar-refractivity contribution < 1.29 is 0 Å². The highest BCUT2D eigenvalue weighted by Crippen LogP contribution is 2.39. The highest BCUT2D eigenvalue weighted by molar-refractivity contribution is 7.11. The number of aryl methyl sites for hydroxylation is 2. The molecule has 1 aliphatic carbocycles. The van der Waals surface area contributed by atoms with Crippen molar-refractivity contribution in [2.75, 3.05) is 0 Å². The fourth-order valence-electron chi connectivity index (χ4n) is 2.76. The first-order valence-electron chi connectivity index (χ1n) is 6.31. The van der Waals surface area contributed by atoms with Gasteiger partial charge in [0.2, 0.25) is 0 Å². The van der Waals surface area contributed by atoms with Crippen molar-refractivity contribution in [2.45, 2.75) is 58.4 Å². The van der Waals surface area contributed by atoms with Crippen LogP contribution in [-0.2, 0) is 12.0 Å². The van der Waals surface area contributed by atoms with Crippen molar-refractivity contribution in [3.05, 3.63) is 15.6 Å². The molecule has 1 aromatic heterocycles. The Morgan fingerprint density at radius 2 is 2.31 bits per heavy atom. The summed E-state index contributed by atoms with van der Waals surface area (Å²) in [6.45, 7) is 6.64. The minimum absolute atomic E-state index is 0.138. The smallest absolute Gasteiger partial charge is 0.113 e. The molecule has 90 valence electrons. The van der Waals surface area contributed by atoms with Gasteiger partial charge in [-0.15, -0.1) is 11.3 Å². The second-order valence-electron chi connectivity index (χ2n) is 5.23. The van der Waals surface area contributed by atoms with Gasteiger partial charge in [0.05, 0.1) is 11.2 Å². The lowest BCUT2D eigenvalue weighted by molar-refractivity contribution is 0.238. The molecule has 16 heavy (non-hydrogen) atoms. The zero-order chi connectivity index (χ0) is 11.8. The van der Waals surface area contributed by atoms with E-state index in [0.29, 0.717) is 0 Å². The second kappa shape index (κ2) is 4.46. The Morgan fingerprint density at radius 3 is 2.88 bits per heavy atom. The molecule has 0 saturated heterocycles. The number of nitrogens with zero attached hydrogens (tertiary/aromatic N) is 1. The molecule has 0 radical (unpaired) electrons. The van der Waals surface area contributed by atoms with Crippen LogP contribution in [0.25, 0.3) is 0 Å². The number of aromatic nitrogens is 1. The minimum Gasteiger partial charge on any atom is -0.319 e. The Hall–Kier alpha value is -0.410. The Kier molecular flexibility index (Phi) is 3.36. The van der Waals surface area contributed by atoms with E-state index < -0.39 is 0 Å². The van der Waals surface area contributed by atoms with Crippen LogP contribution in [0.4, 0.5) is 0 Å². The average Bonchev–Trinajstić information content (AvgIpc) is 2.60. The van der Waals surface area contributed by atoms with Gasteiger partial charge in [-0.1, -0.05) is 26.7 Å². The van der Waals surface area contributed by atoms with Crippen molar-refractivity contribution in [1.82, 2.24) is 4.98 Å². The molecule has 1 saturated carbocycles. The summed E-state index contributed by atoms with van der Waals surface area (Å²) in [5.74, 6) is 0.744. The first-order chi connectivity index (χ1) is 7.55. The third-order valence-corrected chi connectivity index (χ3v) is 4.92. The predicted molar refractivity (Wildman–Crippen MR) is 69.7 cm³/mol. The summed E-state index contributed by atoms with van der Waals surface area (Å²) in [5.41, 5.74) is 7.66. The molecule has 2 rings (SSSR count). The van der Waals surface area contributed by atoms with Gasteiger partial charge in [-0.25, -0.2) is 4.98 Å².